The van der Waals surface area contributed by atoms with E-state index < -0.39 is 23.9 Å². The number of aryl methyl sites for hydroxylation is 1. The number of hydrogen-bond acceptors (Lipinski definition) is 5. The number of hydrogen-bond donors (Lipinski definition) is 3. The minimum Gasteiger partial charge on any atom is -0.477 e. The molecule has 0 aliphatic carbocycles. The van der Waals surface area contributed by atoms with Gasteiger partial charge in [0.05, 0.1) is 17.6 Å². The van der Waals surface area contributed by atoms with Gasteiger partial charge in [-0.25, -0.2) is 19.0 Å². The highest BCUT2D eigenvalue weighted by molar-refractivity contribution is 5.99. The van der Waals surface area contributed by atoms with E-state index in [1.54, 1.807) is 25.1 Å². The molecule has 3 aromatic rings. The van der Waals surface area contributed by atoms with Crippen LogP contribution in [0.4, 0.5) is 20.6 Å². The van der Waals surface area contributed by atoms with E-state index in [9.17, 15) is 18.8 Å². The van der Waals surface area contributed by atoms with Gasteiger partial charge in [-0.1, -0.05) is 32.0 Å². The molecule has 0 saturated carbocycles. The number of halogens is 1. The first-order chi connectivity index (χ1) is 17.6. The third kappa shape index (κ3) is 5.74. The van der Waals surface area contributed by atoms with E-state index in [4.69, 9.17) is 5.11 Å². The van der Waals surface area contributed by atoms with Gasteiger partial charge in [0.25, 0.3) is 0 Å². The van der Waals surface area contributed by atoms with Gasteiger partial charge in [-0.05, 0) is 49.4 Å². The normalized spacial score (nSPS) is 15.1. The second-order valence-corrected chi connectivity index (χ2v) is 9.23. The highest BCUT2D eigenvalue weighted by Gasteiger charge is 2.34. The molecule has 1 aliphatic heterocycles. The quantitative estimate of drug-likeness (QED) is 0.431. The van der Waals surface area contributed by atoms with Gasteiger partial charge in [0.2, 0.25) is 5.91 Å². The monoisotopic (exact) mass is 505 g/mol. The Kier molecular flexibility index (Phi) is 7.47. The molecule has 0 spiro atoms. The van der Waals surface area contributed by atoms with Crippen LogP contribution in [0.25, 0.3) is 11.1 Å². The predicted octanol–water partition coefficient (Wildman–Crippen LogP) is 5.05. The minimum atomic E-state index is -1.09. The summed E-state index contributed by atoms with van der Waals surface area (Å²) in [5, 5.41) is 14.6. The third-order valence-corrected chi connectivity index (χ3v) is 6.25. The van der Waals surface area contributed by atoms with Gasteiger partial charge in [-0.3, -0.25) is 9.78 Å². The standard InChI is InChI=1S/C27H28FN5O4/c1-15(2)24-21(28)13-19(14-29-24)32-27(37)33-12-4-5-23(33)25(34)31-18-8-6-17(7-9-18)20-10-11-22(26(35)36)30-16(20)3/h6-11,13-15,23H,4-5,12H2,1-3H3,(H,31,34)(H,32,37)(H,35,36)/t23-/m1/s1. The molecule has 3 heterocycles. The molecule has 4 rings (SSSR count). The number of amides is 3. The lowest BCUT2D eigenvalue weighted by Crippen LogP contribution is -2.45. The van der Waals surface area contributed by atoms with Crippen molar-refractivity contribution in [3.8, 4) is 11.1 Å². The molecule has 1 aliphatic rings. The van der Waals surface area contributed by atoms with E-state index in [2.05, 4.69) is 20.6 Å². The van der Waals surface area contributed by atoms with Gasteiger partial charge in [0.15, 0.2) is 0 Å². The maximum atomic E-state index is 14.3. The van der Waals surface area contributed by atoms with Crippen molar-refractivity contribution in [2.75, 3.05) is 17.2 Å². The van der Waals surface area contributed by atoms with E-state index in [0.717, 1.165) is 11.1 Å². The summed E-state index contributed by atoms with van der Waals surface area (Å²) in [5.74, 6) is -1.97. The average Bonchev–Trinajstić information content (AvgIpc) is 3.35. The maximum absolute atomic E-state index is 14.3. The molecule has 9 nitrogen and oxygen atoms in total. The number of carboxylic acid groups (broad SMARTS) is 1. The van der Waals surface area contributed by atoms with Crippen LogP contribution in [0.3, 0.4) is 0 Å². The van der Waals surface area contributed by atoms with Crippen LogP contribution < -0.4 is 10.6 Å². The minimum absolute atomic E-state index is 0.0238. The molecule has 10 heteroatoms. The van der Waals surface area contributed by atoms with Gasteiger partial charge < -0.3 is 20.6 Å². The summed E-state index contributed by atoms with van der Waals surface area (Å²) < 4.78 is 14.3. The van der Waals surface area contributed by atoms with Gasteiger partial charge in [0.1, 0.15) is 17.6 Å². The molecule has 0 unspecified atom stereocenters. The predicted molar refractivity (Wildman–Crippen MR) is 137 cm³/mol. The molecule has 1 aromatic carbocycles. The Morgan fingerprint density at radius 2 is 1.81 bits per heavy atom. The zero-order chi connectivity index (χ0) is 26.7. The summed E-state index contributed by atoms with van der Waals surface area (Å²) in [6.07, 6.45) is 2.59. The first kappa shape index (κ1) is 25.7. The van der Waals surface area contributed by atoms with Crippen molar-refractivity contribution in [1.82, 2.24) is 14.9 Å². The van der Waals surface area contributed by atoms with E-state index >= 15 is 0 Å². The first-order valence-electron chi connectivity index (χ1n) is 12.0. The number of benzene rings is 1. The lowest BCUT2D eigenvalue weighted by atomic mass is 10.0. The summed E-state index contributed by atoms with van der Waals surface area (Å²) in [6, 6.07) is 10.3. The fourth-order valence-electron chi connectivity index (χ4n) is 4.36. The average molecular weight is 506 g/mol. The van der Waals surface area contributed by atoms with Crippen molar-refractivity contribution in [2.45, 2.75) is 45.6 Å². The highest BCUT2D eigenvalue weighted by Crippen LogP contribution is 2.26. The topological polar surface area (TPSA) is 125 Å². The molecular weight excluding hydrogens is 477 g/mol. The Morgan fingerprint density at radius 1 is 1.08 bits per heavy atom. The maximum Gasteiger partial charge on any atom is 0.354 e. The number of anilines is 2. The van der Waals surface area contributed by atoms with Crippen LogP contribution in [-0.2, 0) is 4.79 Å². The molecular formula is C27H28FN5O4. The molecule has 192 valence electrons. The summed E-state index contributed by atoms with van der Waals surface area (Å²) in [4.78, 5) is 46.6. The van der Waals surface area contributed by atoms with Crippen LogP contribution in [0.1, 0.15) is 54.5 Å². The number of carboxylic acids is 1. The second-order valence-electron chi connectivity index (χ2n) is 9.23. The second kappa shape index (κ2) is 10.7. The van der Waals surface area contributed by atoms with Crippen LogP contribution in [0.15, 0.2) is 48.7 Å². The number of urea groups is 1. The molecule has 3 N–H and O–H groups in total. The fraction of sp³-hybridized carbons (Fsp3) is 0.296. The Bertz CT molecular complexity index is 1340. The van der Waals surface area contributed by atoms with Crippen LogP contribution in [0.5, 0.6) is 0 Å². The SMILES string of the molecule is Cc1nc(C(=O)O)ccc1-c1ccc(NC(=O)[C@H]2CCCN2C(=O)Nc2cnc(C(C)C)c(F)c2)cc1. The highest BCUT2D eigenvalue weighted by atomic mass is 19.1. The van der Waals surface area contributed by atoms with Crippen LogP contribution in [0.2, 0.25) is 0 Å². The number of likely N-dealkylation sites (tertiary alicyclic amines) is 1. The zero-order valence-electron chi connectivity index (χ0n) is 20.8. The number of carbonyl (C=O) groups is 3. The van der Waals surface area contributed by atoms with Crippen LogP contribution in [-0.4, -0.2) is 50.5 Å². The third-order valence-electron chi connectivity index (χ3n) is 6.25. The van der Waals surface area contributed by atoms with Crippen molar-refractivity contribution in [2.24, 2.45) is 0 Å². The largest absolute Gasteiger partial charge is 0.477 e. The van der Waals surface area contributed by atoms with Crippen molar-refractivity contribution in [3.05, 3.63) is 71.6 Å². The molecule has 0 bridgehead atoms. The van der Waals surface area contributed by atoms with Crippen LogP contribution in [0, 0.1) is 12.7 Å². The zero-order valence-corrected chi connectivity index (χ0v) is 20.8. The Hall–Kier alpha value is -4.34. The van der Waals surface area contributed by atoms with E-state index in [0.29, 0.717) is 36.5 Å². The van der Waals surface area contributed by atoms with Crippen molar-refractivity contribution < 1.29 is 23.9 Å². The summed E-state index contributed by atoms with van der Waals surface area (Å²) in [7, 11) is 0. The lowest BCUT2D eigenvalue weighted by molar-refractivity contribution is -0.119. The number of aromatic nitrogens is 2. The van der Waals surface area contributed by atoms with Crippen molar-refractivity contribution >= 4 is 29.3 Å². The van der Waals surface area contributed by atoms with Gasteiger partial charge in [-0.2, -0.15) is 0 Å². The molecule has 0 radical (unpaired) electrons. The Morgan fingerprint density at radius 3 is 2.43 bits per heavy atom. The van der Waals surface area contributed by atoms with Crippen molar-refractivity contribution in [1.29, 1.82) is 0 Å². The Balaban J connectivity index is 1.41. The molecule has 37 heavy (non-hydrogen) atoms. The fourth-order valence-corrected chi connectivity index (χ4v) is 4.36. The molecule has 2 aromatic heterocycles. The number of rotatable bonds is 6. The molecule has 1 saturated heterocycles. The smallest absolute Gasteiger partial charge is 0.354 e. The summed E-state index contributed by atoms with van der Waals surface area (Å²) in [6.45, 7) is 5.81. The number of aromatic carboxylic acids is 1. The van der Waals surface area contributed by atoms with Gasteiger partial charge in [-0.15, -0.1) is 0 Å². The first-order valence-corrected chi connectivity index (χ1v) is 12.0. The van der Waals surface area contributed by atoms with Gasteiger partial charge in [0, 0.05) is 29.6 Å². The van der Waals surface area contributed by atoms with E-state index in [1.807, 2.05) is 26.0 Å². The summed E-state index contributed by atoms with van der Waals surface area (Å²) in [5.41, 5.74) is 3.28. The number of nitrogens with zero attached hydrogens (tertiary/aromatic N) is 3. The number of pyridine rings is 2. The number of nitrogens with one attached hydrogen (secondary N) is 2. The summed E-state index contributed by atoms with van der Waals surface area (Å²) >= 11 is 0. The molecule has 3 amide bonds. The molecule has 1 fully saturated rings. The lowest BCUT2D eigenvalue weighted by Gasteiger charge is -2.24. The molecule has 1 atom stereocenters. The Labute approximate surface area is 213 Å². The van der Waals surface area contributed by atoms with E-state index in [-0.39, 0.29) is 23.2 Å². The van der Waals surface area contributed by atoms with Crippen LogP contribution >= 0.6 is 0 Å². The van der Waals surface area contributed by atoms with Crippen molar-refractivity contribution in [3.63, 3.8) is 0 Å². The number of carbonyl (C=O) groups excluding carboxylic acids is 2. The van der Waals surface area contributed by atoms with E-state index in [1.165, 1.54) is 23.2 Å². The van der Waals surface area contributed by atoms with Gasteiger partial charge >= 0.3 is 12.0 Å².